The zero-order valence-electron chi connectivity index (χ0n) is 16.5. The fraction of sp³-hybridized carbons (Fsp3) is 0.538. The molecule has 0 bridgehead atoms. The Balaban J connectivity index is 2.33. The molecule has 0 aromatic carbocycles. The number of nitrogens with one attached hydrogen (secondary N) is 1. The molecule has 1 aliphatic rings. The molecule has 0 aliphatic carbocycles. The highest BCUT2D eigenvalue weighted by Gasteiger charge is 2.58. The molecule has 1 fully saturated rings. The lowest BCUT2D eigenvalue weighted by Crippen LogP contribution is -2.45. The number of phosphoric ester groups is 1. The Morgan fingerprint density at radius 1 is 1.24 bits per heavy atom. The van der Waals surface area contributed by atoms with Crippen molar-refractivity contribution in [2.24, 2.45) is 0 Å². The Hall–Kier alpha value is -1.14. The van der Waals surface area contributed by atoms with E-state index in [1.807, 2.05) is 10.9 Å². The van der Waals surface area contributed by atoms with Gasteiger partial charge in [-0.25, -0.2) is 18.5 Å². The number of rotatable bonds is 8. The van der Waals surface area contributed by atoms with E-state index in [0.29, 0.717) is 0 Å². The van der Waals surface area contributed by atoms with Gasteiger partial charge in [-0.15, -0.1) is 6.42 Å². The standard InChI is InChI=1S/C13H18ClN2O14P3/c1-4-13(14)10(18)9(27-11(13)16-6(2)5-8(17)15-12(16)19)7(3)28-32(23,24)30-33(25,26)29-31(20,21)22/h1,5,7,9-11,18H,2-3H3,(H,23,24)(H,25,26)(H,15,17,19)(H2,20,21,22)/t7-,9+,10-,11+,13?/m0/s1. The van der Waals surface area contributed by atoms with E-state index >= 15 is 0 Å². The number of aliphatic hydroxyl groups is 1. The van der Waals surface area contributed by atoms with Gasteiger partial charge in [-0.1, -0.05) is 17.5 Å². The van der Waals surface area contributed by atoms with Crippen LogP contribution in [0.5, 0.6) is 0 Å². The summed E-state index contributed by atoms with van der Waals surface area (Å²) in [5.74, 6) is 2.05. The van der Waals surface area contributed by atoms with Crippen LogP contribution in [-0.4, -0.2) is 57.4 Å². The van der Waals surface area contributed by atoms with Gasteiger partial charge in [-0.05, 0) is 13.8 Å². The molecule has 0 spiro atoms. The molecule has 1 aliphatic heterocycles. The average molecular weight is 555 g/mol. The number of aromatic amines is 1. The maximum atomic E-state index is 12.3. The van der Waals surface area contributed by atoms with Crippen molar-refractivity contribution >= 4 is 35.1 Å². The molecule has 0 amide bonds. The molecule has 1 aromatic heterocycles. The lowest BCUT2D eigenvalue weighted by Gasteiger charge is -2.27. The van der Waals surface area contributed by atoms with Gasteiger partial charge in [0.25, 0.3) is 5.56 Å². The normalized spacial score (nSPS) is 30.2. The Bertz CT molecular complexity index is 1220. The van der Waals surface area contributed by atoms with Crippen LogP contribution in [0.4, 0.5) is 0 Å². The van der Waals surface area contributed by atoms with Gasteiger partial charge in [0.1, 0.15) is 12.2 Å². The van der Waals surface area contributed by atoms with Crippen LogP contribution in [0.1, 0.15) is 18.8 Å². The van der Waals surface area contributed by atoms with Gasteiger partial charge < -0.3 is 29.4 Å². The molecule has 2 rings (SSSR count). The first-order valence-corrected chi connectivity index (χ1v) is 13.4. The second kappa shape index (κ2) is 9.49. The fourth-order valence-corrected chi connectivity index (χ4v) is 6.44. The molecule has 7 atom stereocenters. The van der Waals surface area contributed by atoms with Crippen LogP contribution in [0.2, 0.25) is 0 Å². The van der Waals surface area contributed by atoms with E-state index in [1.165, 1.54) is 6.92 Å². The van der Waals surface area contributed by atoms with Gasteiger partial charge in [-0.3, -0.25) is 18.9 Å². The summed E-state index contributed by atoms with van der Waals surface area (Å²) in [5, 5.41) is 10.6. The van der Waals surface area contributed by atoms with Crippen LogP contribution in [0.3, 0.4) is 0 Å². The van der Waals surface area contributed by atoms with Gasteiger partial charge in [0.15, 0.2) is 11.1 Å². The lowest BCUT2D eigenvalue weighted by atomic mass is 9.97. The zero-order valence-corrected chi connectivity index (χ0v) is 20.0. The SMILES string of the molecule is C#CC1(Cl)[C@@H](O)[C@@H]([C@H](C)OP(=O)(O)OP(=O)(O)OP(=O)(O)O)O[C@H]1n1c(C)cc(=O)[nH]c1=O. The topological polar surface area (TPSA) is 244 Å². The first-order chi connectivity index (χ1) is 14.8. The van der Waals surface area contributed by atoms with E-state index in [9.17, 15) is 38.2 Å². The molecular formula is C13H18ClN2O14P3. The van der Waals surface area contributed by atoms with Crippen molar-refractivity contribution in [1.82, 2.24) is 9.55 Å². The van der Waals surface area contributed by atoms with Gasteiger partial charge >= 0.3 is 29.2 Å². The molecular weight excluding hydrogens is 537 g/mol. The quantitative estimate of drug-likeness (QED) is 0.134. The summed E-state index contributed by atoms with van der Waals surface area (Å²) in [6.45, 7) is 2.36. The average Bonchev–Trinajstić information content (AvgIpc) is 2.83. The summed E-state index contributed by atoms with van der Waals surface area (Å²) < 4.78 is 52.4. The molecule has 6 N–H and O–H groups in total. The summed E-state index contributed by atoms with van der Waals surface area (Å²) in [6, 6.07) is 1.01. The summed E-state index contributed by atoms with van der Waals surface area (Å²) in [6.07, 6.45) is -1.45. The molecule has 16 nitrogen and oxygen atoms in total. The van der Waals surface area contributed by atoms with E-state index in [1.54, 1.807) is 0 Å². The highest BCUT2D eigenvalue weighted by Crippen LogP contribution is 2.66. The monoisotopic (exact) mass is 554 g/mol. The number of hydrogen-bond donors (Lipinski definition) is 6. The third kappa shape index (κ3) is 6.50. The Morgan fingerprint density at radius 2 is 1.82 bits per heavy atom. The van der Waals surface area contributed by atoms with Crippen molar-refractivity contribution in [3.05, 3.63) is 32.6 Å². The number of nitrogens with zero attached hydrogens (tertiary/aromatic N) is 1. The molecule has 1 aromatic rings. The summed E-state index contributed by atoms with van der Waals surface area (Å²) in [7, 11) is -17.0. The Kier molecular flexibility index (Phi) is 8.08. The van der Waals surface area contributed by atoms with Crippen molar-refractivity contribution in [2.75, 3.05) is 0 Å². The lowest BCUT2D eigenvalue weighted by molar-refractivity contribution is -0.0754. The van der Waals surface area contributed by atoms with Crippen molar-refractivity contribution in [3.63, 3.8) is 0 Å². The highest BCUT2D eigenvalue weighted by atomic mass is 35.5. The van der Waals surface area contributed by atoms with E-state index in [4.69, 9.17) is 32.5 Å². The summed E-state index contributed by atoms with van der Waals surface area (Å²) in [4.78, 5) is 59.6. The van der Waals surface area contributed by atoms with Crippen LogP contribution >= 0.6 is 35.1 Å². The fourth-order valence-electron chi connectivity index (χ4n) is 2.96. The van der Waals surface area contributed by atoms with Crippen LogP contribution < -0.4 is 11.2 Å². The first-order valence-electron chi connectivity index (χ1n) is 8.47. The minimum absolute atomic E-state index is 0.0300. The predicted molar refractivity (Wildman–Crippen MR) is 108 cm³/mol. The van der Waals surface area contributed by atoms with E-state index in [-0.39, 0.29) is 5.69 Å². The molecule has 0 saturated carbocycles. The number of H-pyrrole nitrogens is 1. The minimum atomic E-state index is -5.79. The second-order valence-electron chi connectivity index (χ2n) is 6.66. The number of terminal acetylenes is 1. The van der Waals surface area contributed by atoms with E-state index in [2.05, 4.69) is 13.1 Å². The van der Waals surface area contributed by atoms with Gasteiger partial charge in [0.2, 0.25) is 0 Å². The molecule has 1 saturated heterocycles. The molecule has 186 valence electrons. The van der Waals surface area contributed by atoms with Crippen molar-refractivity contribution in [1.29, 1.82) is 0 Å². The van der Waals surface area contributed by atoms with E-state index < -0.39 is 64.1 Å². The third-order valence-corrected chi connectivity index (χ3v) is 8.64. The predicted octanol–water partition coefficient (Wildman–Crippen LogP) is -0.554. The van der Waals surface area contributed by atoms with Gasteiger partial charge in [0, 0.05) is 11.8 Å². The number of ether oxygens (including phenoxy) is 1. The Labute approximate surface area is 189 Å². The highest BCUT2D eigenvalue weighted by molar-refractivity contribution is 7.66. The second-order valence-corrected chi connectivity index (χ2v) is 11.7. The van der Waals surface area contributed by atoms with Crippen LogP contribution in [0.15, 0.2) is 15.7 Å². The number of phosphoric acid groups is 3. The molecule has 20 heteroatoms. The molecule has 2 heterocycles. The number of alkyl halides is 1. The van der Waals surface area contributed by atoms with Gasteiger partial charge in [0.05, 0.1) is 6.10 Å². The maximum Gasteiger partial charge on any atom is 0.490 e. The first kappa shape index (κ1) is 28.1. The molecule has 0 radical (unpaired) electrons. The van der Waals surface area contributed by atoms with Crippen LogP contribution in [0, 0.1) is 19.3 Å². The van der Waals surface area contributed by atoms with Crippen LogP contribution in [0.25, 0.3) is 0 Å². The number of aryl methyl sites for hydroxylation is 1. The van der Waals surface area contributed by atoms with Crippen LogP contribution in [-0.2, 0) is 31.6 Å². The zero-order chi connectivity index (χ0) is 25.6. The largest absolute Gasteiger partial charge is 0.490 e. The molecule has 3 unspecified atom stereocenters. The number of aliphatic hydroxyl groups excluding tert-OH is 1. The minimum Gasteiger partial charge on any atom is -0.387 e. The smallest absolute Gasteiger partial charge is 0.387 e. The summed E-state index contributed by atoms with van der Waals surface area (Å²) >= 11 is 6.31. The Morgan fingerprint density at radius 3 is 2.30 bits per heavy atom. The van der Waals surface area contributed by atoms with E-state index in [0.717, 1.165) is 17.6 Å². The summed E-state index contributed by atoms with van der Waals surface area (Å²) in [5.41, 5.74) is -1.72. The maximum absolute atomic E-state index is 12.3. The third-order valence-electron chi connectivity index (χ3n) is 4.19. The number of hydrogen-bond acceptors (Lipinski definition) is 10. The van der Waals surface area contributed by atoms with Gasteiger partial charge in [-0.2, -0.15) is 8.62 Å². The number of aromatic nitrogens is 2. The van der Waals surface area contributed by atoms with Crippen molar-refractivity contribution < 1.29 is 56.3 Å². The molecule has 33 heavy (non-hydrogen) atoms. The van der Waals surface area contributed by atoms with Crippen molar-refractivity contribution in [2.45, 2.75) is 43.3 Å². The van der Waals surface area contributed by atoms with Crippen molar-refractivity contribution in [3.8, 4) is 12.3 Å². The number of halogens is 1.